The van der Waals surface area contributed by atoms with Gasteiger partial charge in [-0.1, -0.05) is 72.8 Å². The van der Waals surface area contributed by atoms with Crippen LogP contribution in [0.3, 0.4) is 0 Å². The van der Waals surface area contributed by atoms with E-state index in [-0.39, 0.29) is 29.2 Å². The maximum absolute atomic E-state index is 13.7. The van der Waals surface area contributed by atoms with Crippen LogP contribution in [0, 0.1) is 17.5 Å². The summed E-state index contributed by atoms with van der Waals surface area (Å²) in [5.74, 6) is -4.02. The summed E-state index contributed by atoms with van der Waals surface area (Å²) in [6.45, 7) is 0. The Morgan fingerprint density at radius 1 is 0.523 bits per heavy atom. The lowest BCUT2D eigenvalue weighted by molar-refractivity contribution is -0.111. The first-order chi connectivity index (χ1) is 31.3. The highest BCUT2D eigenvalue weighted by molar-refractivity contribution is 6.36. The van der Waals surface area contributed by atoms with Crippen LogP contribution in [0.1, 0.15) is 64.5 Å². The second-order valence-corrected chi connectivity index (χ2v) is 14.3. The number of ether oxygens (including phenoxy) is 1. The van der Waals surface area contributed by atoms with Gasteiger partial charge in [-0.15, -0.1) is 0 Å². The van der Waals surface area contributed by atoms with E-state index in [0.29, 0.717) is 78.3 Å². The zero-order chi connectivity index (χ0) is 46.4. The van der Waals surface area contributed by atoms with E-state index in [0.717, 1.165) is 0 Å². The van der Waals surface area contributed by atoms with Gasteiger partial charge in [0.15, 0.2) is 0 Å². The number of aromatic carboxylic acids is 1. The van der Waals surface area contributed by atoms with Gasteiger partial charge in [0.25, 0.3) is 23.6 Å². The Balaban J connectivity index is 0.000000145. The van der Waals surface area contributed by atoms with Crippen molar-refractivity contribution in [3.05, 3.63) is 195 Å². The molecule has 6 aromatic rings. The highest BCUT2D eigenvalue weighted by Crippen LogP contribution is 2.37. The maximum atomic E-state index is 13.7. The minimum absolute atomic E-state index is 0.0844. The summed E-state index contributed by atoms with van der Waals surface area (Å²) < 4.78 is 45.8. The number of rotatable bonds is 6. The average molecular weight is 877 g/mol. The molecule has 3 heterocycles. The van der Waals surface area contributed by atoms with E-state index >= 15 is 0 Å². The Bertz CT molecular complexity index is 2930. The molecule has 0 atom stereocenters. The molecule has 0 saturated heterocycles. The van der Waals surface area contributed by atoms with Gasteiger partial charge >= 0.3 is 11.9 Å². The monoisotopic (exact) mass is 876 g/mol. The number of carboxylic acids is 1. The van der Waals surface area contributed by atoms with Gasteiger partial charge < -0.3 is 31.1 Å². The zero-order valence-corrected chi connectivity index (χ0v) is 34.3. The number of fused-ring (bicyclic) bond motifs is 3. The van der Waals surface area contributed by atoms with E-state index in [9.17, 15) is 41.9 Å². The number of anilines is 3. The Labute approximate surface area is 368 Å². The molecule has 12 nitrogen and oxygen atoms in total. The molecule has 0 saturated carbocycles. The number of amides is 4. The molecular formula is C50H35F3N4O8. The Kier molecular flexibility index (Phi) is 13.0. The Morgan fingerprint density at radius 2 is 0.862 bits per heavy atom. The summed E-state index contributed by atoms with van der Waals surface area (Å²) in [4.78, 5) is 70.2. The third-order valence-corrected chi connectivity index (χ3v) is 10.2. The fourth-order valence-electron chi connectivity index (χ4n) is 6.92. The van der Waals surface area contributed by atoms with Gasteiger partial charge in [0.2, 0.25) is 0 Å². The molecule has 324 valence electrons. The van der Waals surface area contributed by atoms with Gasteiger partial charge in [0.1, 0.15) is 17.5 Å². The van der Waals surface area contributed by atoms with E-state index in [1.54, 1.807) is 97.1 Å². The van der Waals surface area contributed by atoms with E-state index in [2.05, 4.69) is 26.0 Å². The third-order valence-electron chi connectivity index (χ3n) is 10.2. The van der Waals surface area contributed by atoms with Crippen LogP contribution in [0.4, 0.5) is 30.2 Å². The molecule has 65 heavy (non-hydrogen) atoms. The predicted molar refractivity (Wildman–Crippen MR) is 240 cm³/mol. The number of esters is 1. The molecule has 3 aliphatic rings. The van der Waals surface area contributed by atoms with Crippen molar-refractivity contribution in [2.24, 2.45) is 0 Å². The second kappa shape index (κ2) is 19.0. The number of halogens is 3. The van der Waals surface area contributed by atoms with Crippen LogP contribution in [0.15, 0.2) is 127 Å². The van der Waals surface area contributed by atoms with Crippen molar-refractivity contribution in [1.29, 1.82) is 0 Å². The van der Waals surface area contributed by atoms with Crippen molar-refractivity contribution >= 4 is 87.6 Å². The maximum Gasteiger partial charge on any atom is 0.337 e. The van der Waals surface area contributed by atoms with E-state index in [1.807, 2.05) is 0 Å². The standard InChI is InChI=1S/C17H13FN2O2.C17H12FNO3.C16H10FNO3/c1-19-16(21)11-6-7-12-13(17(22)20-15(12)9-11)8-10-4-2-3-5-14(10)18;1-22-17(21)11-6-7-12-13(16(20)19-15(12)9-11)8-10-4-2-3-5-14(10)18;17-13-4-2-1-3-9(13)7-12-11-6-5-10(16(20)21)8-14(11)18-15(12)19/h2-9H,1H3,(H,19,21)(H,20,22);2-9H,1H3,(H,19,20);1-8H,(H,18,19)(H,20,21)/b2*13-8+;12-7+. The van der Waals surface area contributed by atoms with Gasteiger partial charge in [0, 0.05) is 79.8 Å². The summed E-state index contributed by atoms with van der Waals surface area (Å²) in [5, 5.41) is 19.4. The molecule has 0 radical (unpaired) electrons. The van der Waals surface area contributed by atoms with Gasteiger partial charge in [-0.2, -0.15) is 0 Å². The molecule has 0 unspecified atom stereocenters. The van der Waals surface area contributed by atoms with Crippen LogP contribution in [0.5, 0.6) is 0 Å². The third kappa shape index (κ3) is 9.64. The molecular weight excluding hydrogens is 842 g/mol. The molecule has 6 aromatic carbocycles. The zero-order valence-electron chi connectivity index (χ0n) is 34.3. The molecule has 0 aromatic heterocycles. The molecule has 3 aliphatic heterocycles. The van der Waals surface area contributed by atoms with Crippen LogP contribution in [-0.4, -0.2) is 54.8 Å². The summed E-state index contributed by atoms with van der Waals surface area (Å²) in [6.07, 6.45) is 4.46. The Morgan fingerprint density at radius 3 is 1.22 bits per heavy atom. The minimum Gasteiger partial charge on any atom is -0.478 e. The fourth-order valence-corrected chi connectivity index (χ4v) is 6.92. The molecule has 15 heteroatoms. The Hall–Kier alpha value is -8.85. The topological polar surface area (TPSA) is 180 Å². The van der Waals surface area contributed by atoms with Crippen molar-refractivity contribution in [3.63, 3.8) is 0 Å². The van der Waals surface area contributed by atoms with Crippen LogP contribution < -0.4 is 21.3 Å². The van der Waals surface area contributed by atoms with Gasteiger partial charge in [0.05, 0.1) is 18.2 Å². The summed E-state index contributed by atoms with van der Waals surface area (Å²) in [7, 11) is 2.83. The molecule has 0 bridgehead atoms. The first kappa shape index (κ1) is 44.2. The molecule has 0 spiro atoms. The number of hydrogen-bond acceptors (Lipinski definition) is 7. The fraction of sp³-hybridized carbons (Fsp3) is 0.0400. The van der Waals surface area contributed by atoms with Crippen LogP contribution in [-0.2, 0) is 19.1 Å². The number of hydrogen-bond donors (Lipinski definition) is 5. The van der Waals surface area contributed by atoms with Crippen molar-refractivity contribution in [3.8, 4) is 0 Å². The second-order valence-electron chi connectivity index (χ2n) is 14.3. The number of nitrogens with one attached hydrogen (secondary N) is 4. The number of carbonyl (C=O) groups is 6. The molecule has 5 N–H and O–H groups in total. The van der Waals surface area contributed by atoms with Crippen LogP contribution in [0.25, 0.3) is 34.9 Å². The largest absolute Gasteiger partial charge is 0.478 e. The average Bonchev–Trinajstić information content (AvgIpc) is 3.91. The van der Waals surface area contributed by atoms with Gasteiger partial charge in [-0.3, -0.25) is 19.2 Å². The highest BCUT2D eigenvalue weighted by Gasteiger charge is 2.28. The van der Waals surface area contributed by atoms with E-state index in [4.69, 9.17) is 5.11 Å². The van der Waals surface area contributed by atoms with E-state index in [1.165, 1.54) is 62.7 Å². The SMILES string of the molecule is CNC(=O)c1ccc2c(c1)NC(=O)/C2=C/c1ccccc1F.COC(=O)c1ccc2c(c1)NC(=O)/C2=C/c1ccccc1F.O=C1Nc2cc(C(=O)O)ccc2/C1=C\c1ccccc1F. The highest BCUT2D eigenvalue weighted by atomic mass is 19.1. The lowest BCUT2D eigenvalue weighted by Gasteiger charge is -2.03. The summed E-state index contributed by atoms with van der Waals surface area (Å²) in [5.41, 5.74) is 6.23. The van der Waals surface area contributed by atoms with Crippen LogP contribution in [0.2, 0.25) is 0 Å². The van der Waals surface area contributed by atoms with Crippen molar-refractivity contribution in [2.75, 3.05) is 30.1 Å². The number of carbonyl (C=O) groups excluding carboxylic acids is 5. The lowest BCUT2D eigenvalue weighted by atomic mass is 10.0. The summed E-state index contributed by atoms with van der Waals surface area (Å²) in [6, 6.07) is 32.6. The van der Waals surface area contributed by atoms with Gasteiger partial charge in [-0.05, 0) is 72.8 Å². The van der Waals surface area contributed by atoms with Gasteiger partial charge in [-0.25, -0.2) is 22.8 Å². The van der Waals surface area contributed by atoms with Crippen LogP contribution >= 0.6 is 0 Å². The van der Waals surface area contributed by atoms with E-state index < -0.39 is 29.4 Å². The quantitative estimate of drug-likeness (QED) is 0.0814. The van der Waals surface area contributed by atoms with Crippen molar-refractivity contribution < 1.29 is 51.8 Å². The van der Waals surface area contributed by atoms with Crippen molar-refractivity contribution in [2.45, 2.75) is 0 Å². The smallest absolute Gasteiger partial charge is 0.337 e. The number of carboxylic acid groups (broad SMARTS) is 1. The molecule has 4 amide bonds. The molecule has 0 fully saturated rings. The first-order valence-corrected chi connectivity index (χ1v) is 19.6. The number of benzene rings is 6. The molecule has 9 rings (SSSR count). The first-order valence-electron chi connectivity index (χ1n) is 19.6. The normalized spacial score (nSPS) is 14.7. The predicted octanol–water partition coefficient (Wildman–Crippen LogP) is 8.80. The van der Waals surface area contributed by atoms with Crippen molar-refractivity contribution in [1.82, 2.24) is 5.32 Å². The lowest BCUT2D eigenvalue weighted by Crippen LogP contribution is -2.17. The minimum atomic E-state index is -1.07. The summed E-state index contributed by atoms with van der Waals surface area (Å²) >= 11 is 0. The molecule has 0 aliphatic carbocycles. The number of methoxy groups -OCH3 is 1.